The zero-order valence-corrected chi connectivity index (χ0v) is 11.8. The van der Waals surface area contributed by atoms with Crippen molar-refractivity contribution in [1.82, 2.24) is 4.90 Å². The molecule has 0 N–H and O–H groups in total. The van der Waals surface area contributed by atoms with Crippen LogP contribution in [-0.4, -0.2) is 38.1 Å². The lowest BCUT2D eigenvalue weighted by Gasteiger charge is -2.18. The van der Waals surface area contributed by atoms with Crippen LogP contribution in [-0.2, 0) is 14.6 Å². The molecule has 0 atom stereocenters. The van der Waals surface area contributed by atoms with Crippen LogP contribution < -0.4 is 0 Å². The molecule has 0 bridgehead atoms. The van der Waals surface area contributed by atoms with Crippen LogP contribution in [0.15, 0.2) is 29.2 Å². The molecule has 100 valence electrons. The van der Waals surface area contributed by atoms with E-state index in [2.05, 4.69) is 0 Å². The third-order valence-corrected chi connectivity index (χ3v) is 4.43. The lowest BCUT2D eigenvalue weighted by atomic mass is 10.2. The van der Waals surface area contributed by atoms with E-state index >= 15 is 0 Å². The number of rotatable bonds is 5. The van der Waals surface area contributed by atoms with Crippen molar-refractivity contribution in [2.24, 2.45) is 0 Å². The van der Waals surface area contributed by atoms with Gasteiger partial charge in [-0.25, -0.2) is 8.42 Å². The first-order valence-corrected chi connectivity index (χ1v) is 7.63. The number of hydrogen-bond acceptors (Lipinski definition) is 3. The second-order valence-corrected chi connectivity index (χ2v) is 6.13. The molecule has 0 unspecified atom stereocenters. The van der Waals surface area contributed by atoms with Crippen LogP contribution in [0.5, 0.6) is 0 Å². The number of carbonyl (C=O) groups is 1. The second-order valence-electron chi connectivity index (χ2n) is 4.14. The zero-order chi connectivity index (χ0) is 13.8. The Labute approximate surface area is 109 Å². The molecular formula is C13H19NO3S. The number of carbonyl (C=O) groups excluding carboxylic acids is 1. The van der Waals surface area contributed by atoms with Crippen molar-refractivity contribution < 1.29 is 13.2 Å². The average molecular weight is 269 g/mol. The van der Waals surface area contributed by atoms with E-state index in [9.17, 15) is 13.2 Å². The molecule has 18 heavy (non-hydrogen) atoms. The molecule has 0 fully saturated rings. The summed E-state index contributed by atoms with van der Waals surface area (Å²) in [5.41, 5.74) is 0.990. The largest absolute Gasteiger partial charge is 0.342 e. The molecule has 1 amide bonds. The van der Waals surface area contributed by atoms with Crippen molar-refractivity contribution in [2.45, 2.75) is 25.7 Å². The van der Waals surface area contributed by atoms with Gasteiger partial charge in [0.05, 0.1) is 4.90 Å². The van der Waals surface area contributed by atoms with E-state index in [1.165, 1.54) is 4.90 Å². The van der Waals surface area contributed by atoms with Crippen molar-refractivity contribution in [3.8, 4) is 0 Å². The first-order chi connectivity index (χ1) is 8.40. The molecule has 0 spiro atoms. The monoisotopic (exact) mass is 269 g/mol. The Balaban J connectivity index is 2.89. The molecule has 0 aromatic heterocycles. The van der Waals surface area contributed by atoms with Gasteiger partial charge >= 0.3 is 0 Å². The van der Waals surface area contributed by atoms with Crippen molar-refractivity contribution >= 4 is 15.7 Å². The van der Waals surface area contributed by atoms with Crippen LogP contribution in [0.1, 0.15) is 19.4 Å². The van der Waals surface area contributed by atoms with E-state index in [1.54, 1.807) is 24.3 Å². The molecule has 1 aromatic rings. The molecule has 1 aromatic carbocycles. The molecule has 0 saturated heterocycles. The van der Waals surface area contributed by atoms with E-state index in [0.29, 0.717) is 13.1 Å². The van der Waals surface area contributed by atoms with Crippen LogP contribution in [0.3, 0.4) is 0 Å². The Morgan fingerprint density at radius 2 is 1.61 bits per heavy atom. The minimum atomic E-state index is -3.53. The van der Waals surface area contributed by atoms with Crippen molar-refractivity contribution in [1.29, 1.82) is 0 Å². The fourth-order valence-electron chi connectivity index (χ4n) is 1.66. The zero-order valence-electron chi connectivity index (χ0n) is 11.0. The molecule has 5 heteroatoms. The van der Waals surface area contributed by atoms with Gasteiger partial charge in [0, 0.05) is 13.1 Å². The smallest absolute Gasteiger partial charge is 0.238 e. The summed E-state index contributed by atoms with van der Waals surface area (Å²) >= 11 is 0. The topological polar surface area (TPSA) is 54.5 Å². The Morgan fingerprint density at radius 1 is 1.11 bits per heavy atom. The van der Waals surface area contributed by atoms with Gasteiger partial charge in [-0.3, -0.25) is 4.79 Å². The molecule has 0 saturated carbocycles. The highest BCUT2D eigenvalue weighted by Crippen LogP contribution is 2.12. The first kappa shape index (κ1) is 14.7. The highest BCUT2D eigenvalue weighted by Gasteiger charge is 2.21. The van der Waals surface area contributed by atoms with Gasteiger partial charge in [0.2, 0.25) is 5.91 Å². The lowest BCUT2D eigenvalue weighted by Crippen LogP contribution is -2.35. The van der Waals surface area contributed by atoms with Crippen molar-refractivity contribution in [2.75, 3.05) is 18.8 Å². The van der Waals surface area contributed by atoms with Crippen LogP contribution >= 0.6 is 0 Å². The number of benzene rings is 1. The number of amides is 1. The van der Waals surface area contributed by atoms with E-state index in [1.807, 2.05) is 20.8 Å². The molecule has 1 rings (SSSR count). The average Bonchev–Trinajstić information content (AvgIpc) is 2.30. The molecule has 4 nitrogen and oxygen atoms in total. The van der Waals surface area contributed by atoms with E-state index in [0.717, 1.165) is 5.56 Å². The quantitative estimate of drug-likeness (QED) is 0.816. The maximum atomic E-state index is 12.0. The van der Waals surface area contributed by atoms with Crippen LogP contribution in [0.2, 0.25) is 0 Å². The molecule has 0 aliphatic heterocycles. The normalized spacial score (nSPS) is 11.3. The first-order valence-electron chi connectivity index (χ1n) is 5.98. The molecule has 0 aliphatic carbocycles. The van der Waals surface area contributed by atoms with Crippen molar-refractivity contribution in [3.05, 3.63) is 29.8 Å². The summed E-state index contributed by atoms with van der Waals surface area (Å²) in [7, 11) is -3.53. The molecule has 0 aliphatic rings. The number of nitrogens with zero attached hydrogens (tertiary/aromatic N) is 1. The third-order valence-electron chi connectivity index (χ3n) is 2.81. The molecule has 0 heterocycles. The van der Waals surface area contributed by atoms with Gasteiger partial charge in [-0.15, -0.1) is 0 Å². The summed E-state index contributed by atoms with van der Waals surface area (Å²) in [6.45, 7) is 6.61. The summed E-state index contributed by atoms with van der Waals surface area (Å²) in [6.07, 6.45) is 0. The predicted molar refractivity (Wildman–Crippen MR) is 71.2 cm³/mol. The summed E-state index contributed by atoms with van der Waals surface area (Å²) in [5.74, 6) is -0.807. The fraction of sp³-hybridized carbons (Fsp3) is 0.462. The summed E-state index contributed by atoms with van der Waals surface area (Å²) in [5, 5.41) is 0. The van der Waals surface area contributed by atoms with E-state index in [-0.39, 0.29) is 10.8 Å². The number of aryl methyl sites for hydroxylation is 1. The number of hydrogen-bond donors (Lipinski definition) is 0. The Bertz CT molecular complexity index is 502. The van der Waals surface area contributed by atoms with Gasteiger partial charge in [0.1, 0.15) is 5.75 Å². The lowest BCUT2D eigenvalue weighted by molar-refractivity contribution is -0.128. The van der Waals surface area contributed by atoms with Crippen molar-refractivity contribution in [3.63, 3.8) is 0 Å². The Morgan fingerprint density at radius 3 is 2.06 bits per heavy atom. The van der Waals surface area contributed by atoms with Crippen LogP contribution in [0, 0.1) is 6.92 Å². The maximum Gasteiger partial charge on any atom is 0.238 e. The van der Waals surface area contributed by atoms with Gasteiger partial charge in [-0.2, -0.15) is 0 Å². The minimum Gasteiger partial charge on any atom is -0.342 e. The molecular weight excluding hydrogens is 250 g/mol. The van der Waals surface area contributed by atoms with Gasteiger partial charge in [0.15, 0.2) is 9.84 Å². The number of sulfone groups is 1. The summed E-state index contributed by atoms with van der Waals surface area (Å²) in [4.78, 5) is 13.5. The SMILES string of the molecule is CCN(CC)C(=O)CS(=O)(=O)c1ccc(C)cc1. The third kappa shape index (κ3) is 3.57. The van der Waals surface area contributed by atoms with Crippen LogP contribution in [0.4, 0.5) is 0 Å². The van der Waals surface area contributed by atoms with E-state index in [4.69, 9.17) is 0 Å². The summed E-state index contributed by atoms with van der Waals surface area (Å²) in [6, 6.07) is 6.55. The van der Waals surface area contributed by atoms with Crippen LogP contribution in [0.25, 0.3) is 0 Å². The van der Waals surface area contributed by atoms with Gasteiger partial charge in [-0.1, -0.05) is 17.7 Å². The summed E-state index contributed by atoms with van der Waals surface area (Å²) < 4.78 is 24.1. The highest BCUT2D eigenvalue weighted by molar-refractivity contribution is 7.92. The van der Waals surface area contributed by atoms with E-state index < -0.39 is 15.6 Å². The minimum absolute atomic E-state index is 0.202. The highest BCUT2D eigenvalue weighted by atomic mass is 32.2. The maximum absolute atomic E-state index is 12.0. The van der Waals surface area contributed by atoms with Gasteiger partial charge in [0.25, 0.3) is 0 Å². The fourth-order valence-corrected chi connectivity index (χ4v) is 2.88. The second kappa shape index (κ2) is 6.00. The van der Waals surface area contributed by atoms with Gasteiger partial charge < -0.3 is 4.90 Å². The van der Waals surface area contributed by atoms with Gasteiger partial charge in [-0.05, 0) is 32.9 Å². The Hall–Kier alpha value is -1.36. The standard InChI is InChI=1S/C13H19NO3S/c1-4-14(5-2)13(15)10-18(16,17)12-8-6-11(3)7-9-12/h6-9H,4-5,10H2,1-3H3. The predicted octanol–water partition coefficient (Wildman–Crippen LogP) is 1.64. The Kier molecular flexibility index (Phi) is 4.90. The molecule has 0 radical (unpaired) electrons.